The second-order valence-corrected chi connectivity index (χ2v) is 5.22. The summed E-state index contributed by atoms with van der Waals surface area (Å²) >= 11 is 0. The molecule has 1 atom stereocenters. The Kier molecular flexibility index (Phi) is 4.15. The molecule has 3 N–H and O–H groups in total. The van der Waals surface area contributed by atoms with Crippen molar-refractivity contribution in [3.63, 3.8) is 0 Å². The van der Waals surface area contributed by atoms with Crippen molar-refractivity contribution in [1.29, 1.82) is 0 Å². The van der Waals surface area contributed by atoms with Gasteiger partial charge in [-0.1, -0.05) is 0 Å². The fourth-order valence-corrected chi connectivity index (χ4v) is 1.91. The third kappa shape index (κ3) is 3.64. The van der Waals surface area contributed by atoms with Crippen LogP contribution < -0.4 is 11.1 Å². The van der Waals surface area contributed by atoms with Crippen LogP contribution in [-0.2, 0) is 4.74 Å². The van der Waals surface area contributed by atoms with Gasteiger partial charge in [-0.25, -0.2) is 4.79 Å². The van der Waals surface area contributed by atoms with Gasteiger partial charge in [-0.3, -0.25) is 0 Å². The zero-order valence-electron chi connectivity index (χ0n) is 10.6. The average Bonchev–Trinajstić information content (AvgIpc) is 2.14. The lowest BCUT2D eigenvalue weighted by Crippen LogP contribution is -2.58. The van der Waals surface area contributed by atoms with Crippen molar-refractivity contribution in [2.45, 2.75) is 45.4 Å². The van der Waals surface area contributed by atoms with Gasteiger partial charge in [0.15, 0.2) is 0 Å². The highest BCUT2D eigenvalue weighted by atomic mass is 16.5. The summed E-state index contributed by atoms with van der Waals surface area (Å²) in [5, 5.41) is 2.89. The van der Waals surface area contributed by atoms with E-state index in [0.29, 0.717) is 19.6 Å². The monoisotopic (exact) mass is 229 g/mol. The Morgan fingerprint density at radius 1 is 1.62 bits per heavy atom. The number of carbonyl (C=O) groups is 1. The van der Waals surface area contributed by atoms with Crippen LogP contribution in [0, 0.1) is 0 Å². The Morgan fingerprint density at radius 3 is 2.75 bits per heavy atom. The Balaban J connectivity index is 2.62. The number of hydrogen-bond donors (Lipinski definition) is 2. The minimum atomic E-state index is -0.323. The van der Waals surface area contributed by atoms with Crippen molar-refractivity contribution < 1.29 is 9.53 Å². The summed E-state index contributed by atoms with van der Waals surface area (Å²) in [7, 11) is 0. The molecule has 0 spiro atoms. The predicted octanol–water partition coefficient (Wildman–Crippen LogP) is 0.543. The van der Waals surface area contributed by atoms with Crippen molar-refractivity contribution >= 4 is 6.03 Å². The van der Waals surface area contributed by atoms with Gasteiger partial charge in [-0.2, -0.15) is 0 Å². The van der Waals surface area contributed by atoms with E-state index >= 15 is 0 Å². The molecular weight excluding hydrogens is 206 g/mol. The maximum absolute atomic E-state index is 11.9. The molecule has 0 aliphatic carbocycles. The van der Waals surface area contributed by atoms with E-state index in [4.69, 9.17) is 10.5 Å². The Morgan fingerprint density at radius 2 is 2.25 bits per heavy atom. The second kappa shape index (κ2) is 5.01. The molecule has 0 saturated carbocycles. The number of rotatable bonds is 2. The normalized spacial score (nSPS) is 24.6. The lowest BCUT2D eigenvalue weighted by Gasteiger charge is -2.42. The number of urea groups is 1. The first kappa shape index (κ1) is 13.3. The van der Waals surface area contributed by atoms with Crippen LogP contribution in [0.3, 0.4) is 0 Å². The van der Waals surface area contributed by atoms with Crippen molar-refractivity contribution in [3.05, 3.63) is 0 Å². The van der Waals surface area contributed by atoms with Gasteiger partial charge in [0.1, 0.15) is 0 Å². The third-order valence-corrected chi connectivity index (χ3v) is 2.44. The van der Waals surface area contributed by atoms with Gasteiger partial charge in [-0.15, -0.1) is 0 Å². The predicted molar refractivity (Wildman–Crippen MR) is 63.2 cm³/mol. The molecule has 5 heteroatoms. The van der Waals surface area contributed by atoms with Crippen LogP contribution in [0.2, 0.25) is 0 Å². The first-order chi connectivity index (χ1) is 7.34. The molecule has 0 aromatic carbocycles. The van der Waals surface area contributed by atoms with E-state index in [1.165, 1.54) is 0 Å². The summed E-state index contributed by atoms with van der Waals surface area (Å²) < 4.78 is 5.76. The largest absolute Gasteiger partial charge is 0.367 e. The molecule has 94 valence electrons. The van der Waals surface area contributed by atoms with E-state index < -0.39 is 0 Å². The molecule has 1 saturated heterocycles. The Hall–Kier alpha value is -0.810. The van der Waals surface area contributed by atoms with Crippen LogP contribution in [0.4, 0.5) is 4.79 Å². The summed E-state index contributed by atoms with van der Waals surface area (Å²) in [5.41, 5.74) is 5.28. The van der Waals surface area contributed by atoms with Gasteiger partial charge in [0.2, 0.25) is 0 Å². The van der Waals surface area contributed by atoms with Gasteiger partial charge in [0.05, 0.1) is 18.2 Å². The molecule has 1 rings (SSSR count). The molecule has 1 fully saturated rings. The van der Waals surface area contributed by atoms with Crippen molar-refractivity contribution in [1.82, 2.24) is 10.2 Å². The maximum atomic E-state index is 11.9. The SMILES string of the molecule is CC(C)NC(=O)N1CC(CN)OC(C)(C)C1. The van der Waals surface area contributed by atoms with Crippen molar-refractivity contribution in [2.75, 3.05) is 19.6 Å². The van der Waals surface area contributed by atoms with Crippen LogP contribution in [0.5, 0.6) is 0 Å². The number of nitrogens with one attached hydrogen (secondary N) is 1. The summed E-state index contributed by atoms with van der Waals surface area (Å²) in [5.74, 6) is 0. The minimum absolute atomic E-state index is 0.0372. The topological polar surface area (TPSA) is 67.6 Å². The standard InChI is InChI=1S/C11H23N3O2/c1-8(2)13-10(15)14-6-9(5-12)16-11(3,4)7-14/h8-9H,5-7,12H2,1-4H3,(H,13,15). The molecule has 0 bridgehead atoms. The molecule has 0 radical (unpaired) electrons. The highest BCUT2D eigenvalue weighted by Crippen LogP contribution is 2.20. The van der Waals surface area contributed by atoms with Crippen LogP contribution in [-0.4, -0.2) is 48.3 Å². The fourth-order valence-electron chi connectivity index (χ4n) is 1.91. The number of ether oxygens (including phenoxy) is 1. The zero-order chi connectivity index (χ0) is 12.3. The van der Waals surface area contributed by atoms with E-state index in [2.05, 4.69) is 5.32 Å². The van der Waals surface area contributed by atoms with E-state index in [0.717, 1.165) is 0 Å². The molecule has 0 aromatic rings. The number of hydrogen-bond acceptors (Lipinski definition) is 3. The summed E-state index contributed by atoms with van der Waals surface area (Å²) in [4.78, 5) is 13.7. The first-order valence-electron chi connectivity index (χ1n) is 5.77. The van der Waals surface area contributed by atoms with E-state index in [1.807, 2.05) is 27.7 Å². The van der Waals surface area contributed by atoms with Crippen LogP contribution in [0.25, 0.3) is 0 Å². The van der Waals surface area contributed by atoms with E-state index in [1.54, 1.807) is 4.90 Å². The smallest absolute Gasteiger partial charge is 0.317 e. The quantitative estimate of drug-likeness (QED) is 0.726. The molecule has 1 heterocycles. The lowest BCUT2D eigenvalue weighted by atomic mass is 10.1. The third-order valence-electron chi connectivity index (χ3n) is 2.44. The molecule has 1 aliphatic heterocycles. The number of nitrogens with zero attached hydrogens (tertiary/aromatic N) is 1. The Labute approximate surface area is 97.3 Å². The van der Waals surface area contributed by atoms with Crippen molar-refractivity contribution in [2.24, 2.45) is 5.73 Å². The molecule has 16 heavy (non-hydrogen) atoms. The highest BCUT2D eigenvalue weighted by molar-refractivity contribution is 5.74. The molecule has 1 aliphatic rings. The number of carbonyl (C=O) groups excluding carboxylic acids is 1. The first-order valence-corrected chi connectivity index (χ1v) is 5.77. The molecular formula is C11H23N3O2. The second-order valence-electron chi connectivity index (χ2n) is 5.22. The van der Waals surface area contributed by atoms with Crippen LogP contribution >= 0.6 is 0 Å². The zero-order valence-corrected chi connectivity index (χ0v) is 10.6. The average molecular weight is 229 g/mol. The highest BCUT2D eigenvalue weighted by Gasteiger charge is 2.35. The lowest BCUT2D eigenvalue weighted by molar-refractivity contribution is -0.120. The molecule has 1 unspecified atom stereocenters. The number of amides is 2. The molecule has 2 amide bonds. The summed E-state index contributed by atoms with van der Waals surface area (Å²) in [6.45, 7) is 9.46. The van der Waals surface area contributed by atoms with Crippen LogP contribution in [0.1, 0.15) is 27.7 Å². The van der Waals surface area contributed by atoms with E-state index in [9.17, 15) is 4.79 Å². The molecule has 0 aromatic heterocycles. The number of nitrogens with two attached hydrogens (primary N) is 1. The summed E-state index contributed by atoms with van der Waals surface area (Å²) in [6.07, 6.45) is -0.0679. The van der Waals surface area contributed by atoms with Crippen LogP contribution in [0.15, 0.2) is 0 Å². The maximum Gasteiger partial charge on any atom is 0.317 e. The van der Waals surface area contributed by atoms with Gasteiger partial charge in [0.25, 0.3) is 0 Å². The van der Waals surface area contributed by atoms with Gasteiger partial charge < -0.3 is 20.7 Å². The van der Waals surface area contributed by atoms with Gasteiger partial charge >= 0.3 is 6.03 Å². The van der Waals surface area contributed by atoms with Crippen molar-refractivity contribution in [3.8, 4) is 0 Å². The van der Waals surface area contributed by atoms with Gasteiger partial charge in [0, 0.05) is 19.1 Å². The summed E-state index contributed by atoms with van der Waals surface area (Å²) in [6, 6.07) is 0.111. The minimum Gasteiger partial charge on any atom is -0.367 e. The fraction of sp³-hybridized carbons (Fsp3) is 0.909. The number of morpholine rings is 1. The molecule has 5 nitrogen and oxygen atoms in total. The Bertz CT molecular complexity index is 254. The van der Waals surface area contributed by atoms with E-state index in [-0.39, 0.29) is 23.8 Å². The van der Waals surface area contributed by atoms with Gasteiger partial charge in [-0.05, 0) is 27.7 Å².